The first-order valence-corrected chi connectivity index (χ1v) is 8.34. The summed E-state index contributed by atoms with van der Waals surface area (Å²) in [4.78, 5) is 26.6. The molecule has 1 aromatic heterocycles. The second kappa shape index (κ2) is 6.79. The number of halogens is 1. The fourth-order valence-corrected chi connectivity index (χ4v) is 4.02. The van der Waals surface area contributed by atoms with E-state index in [1.807, 2.05) is 6.07 Å². The van der Waals surface area contributed by atoms with Gasteiger partial charge in [0.15, 0.2) is 0 Å². The fraction of sp³-hybridized carbons (Fsp3) is 0.600. The van der Waals surface area contributed by atoms with Crippen molar-refractivity contribution in [3.05, 3.63) is 21.3 Å². The second-order valence-electron chi connectivity index (χ2n) is 5.78. The first-order chi connectivity index (χ1) is 9.93. The normalized spacial score (nSPS) is 17.4. The molecule has 0 bridgehead atoms. The van der Waals surface area contributed by atoms with Crippen LogP contribution in [0.1, 0.15) is 43.4 Å². The summed E-state index contributed by atoms with van der Waals surface area (Å²) >= 11 is 7.32. The molecule has 4 nitrogen and oxygen atoms in total. The molecule has 1 amide bonds. The molecule has 1 heterocycles. The standard InChI is InChI=1S/C15H20ClNO3S/c1-17(10-11-5-6-12(16)21-11)13(18)9-15(14(19)20)7-3-2-4-8-15/h5-6H,2-4,7-10H2,1H3,(H,19,20). The van der Waals surface area contributed by atoms with Gasteiger partial charge in [-0.25, -0.2) is 0 Å². The monoisotopic (exact) mass is 329 g/mol. The van der Waals surface area contributed by atoms with Crippen LogP contribution in [0.5, 0.6) is 0 Å². The summed E-state index contributed by atoms with van der Waals surface area (Å²) < 4.78 is 0.695. The van der Waals surface area contributed by atoms with Crippen LogP contribution in [0.15, 0.2) is 12.1 Å². The summed E-state index contributed by atoms with van der Waals surface area (Å²) in [6.07, 6.45) is 4.15. The maximum Gasteiger partial charge on any atom is 0.310 e. The van der Waals surface area contributed by atoms with Crippen LogP contribution in [0.3, 0.4) is 0 Å². The topological polar surface area (TPSA) is 57.6 Å². The average Bonchev–Trinajstić information content (AvgIpc) is 2.85. The lowest BCUT2D eigenvalue weighted by Gasteiger charge is -2.33. The number of carboxylic acid groups (broad SMARTS) is 1. The molecule has 0 atom stereocenters. The molecule has 1 aromatic rings. The maximum absolute atomic E-state index is 12.4. The van der Waals surface area contributed by atoms with E-state index in [2.05, 4.69) is 0 Å². The lowest BCUT2D eigenvalue weighted by Crippen LogP contribution is -2.39. The number of hydrogen-bond acceptors (Lipinski definition) is 3. The predicted octanol–water partition coefficient (Wildman–Crippen LogP) is 3.79. The molecule has 1 saturated carbocycles. The van der Waals surface area contributed by atoms with E-state index in [4.69, 9.17) is 11.6 Å². The van der Waals surface area contributed by atoms with E-state index in [1.165, 1.54) is 11.3 Å². The van der Waals surface area contributed by atoms with Gasteiger partial charge in [-0.1, -0.05) is 30.9 Å². The van der Waals surface area contributed by atoms with Crippen LogP contribution >= 0.6 is 22.9 Å². The summed E-state index contributed by atoms with van der Waals surface area (Å²) in [7, 11) is 1.72. The van der Waals surface area contributed by atoms with Crippen LogP contribution in [0.4, 0.5) is 0 Å². The zero-order valence-electron chi connectivity index (χ0n) is 12.1. The highest BCUT2D eigenvalue weighted by Gasteiger charge is 2.41. The van der Waals surface area contributed by atoms with Crippen LogP contribution in [-0.4, -0.2) is 28.9 Å². The maximum atomic E-state index is 12.4. The summed E-state index contributed by atoms with van der Waals surface area (Å²) in [5.41, 5.74) is -0.864. The molecule has 0 aromatic carbocycles. The number of rotatable bonds is 5. The van der Waals surface area contributed by atoms with Gasteiger partial charge in [0.1, 0.15) is 0 Å². The molecule has 1 aliphatic carbocycles. The van der Waals surface area contributed by atoms with Crippen molar-refractivity contribution in [2.24, 2.45) is 5.41 Å². The molecule has 0 spiro atoms. The zero-order chi connectivity index (χ0) is 15.5. The van der Waals surface area contributed by atoms with Crippen molar-refractivity contribution in [2.75, 3.05) is 7.05 Å². The van der Waals surface area contributed by atoms with Crippen molar-refractivity contribution >= 4 is 34.8 Å². The molecule has 0 saturated heterocycles. The lowest BCUT2D eigenvalue weighted by molar-refractivity contribution is -0.155. The van der Waals surface area contributed by atoms with Gasteiger partial charge in [0, 0.05) is 18.3 Å². The smallest absolute Gasteiger partial charge is 0.310 e. The number of thiophene rings is 1. The molecular formula is C15H20ClNO3S. The predicted molar refractivity (Wildman–Crippen MR) is 83.6 cm³/mol. The van der Waals surface area contributed by atoms with E-state index < -0.39 is 11.4 Å². The lowest BCUT2D eigenvalue weighted by atomic mass is 9.71. The van der Waals surface area contributed by atoms with E-state index in [-0.39, 0.29) is 12.3 Å². The van der Waals surface area contributed by atoms with Gasteiger partial charge in [-0.3, -0.25) is 9.59 Å². The molecule has 1 aliphatic rings. The Morgan fingerprint density at radius 1 is 1.33 bits per heavy atom. The van der Waals surface area contributed by atoms with Gasteiger partial charge in [-0.05, 0) is 25.0 Å². The first kappa shape index (κ1) is 16.3. The highest BCUT2D eigenvalue weighted by atomic mass is 35.5. The van der Waals surface area contributed by atoms with E-state index in [9.17, 15) is 14.7 Å². The molecule has 116 valence electrons. The molecule has 1 N–H and O–H groups in total. The van der Waals surface area contributed by atoms with Crippen molar-refractivity contribution in [3.63, 3.8) is 0 Å². The Hall–Kier alpha value is -1.07. The first-order valence-electron chi connectivity index (χ1n) is 7.14. The summed E-state index contributed by atoms with van der Waals surface area (Å²) in [5.74, 6) is -0.938. The number of amides is 1. The molecule has 1 fully saturated rings. The van der Waals surface area contributed by atoms with Crippen LogP contribution in [0.2, 0.25) is 4.34 Å². The number of carboxylic acids is 1. The molecule has 0 radical (unpaired) electrons. The number of nitrogens with zero attached hydrogens (tertiary/aromatic N) is 1. The van der Waals surface area contributed by atoms with E-state index >= 15 is 0 Å². The van der Waals surface area contributed by atoms with E-state index in [1.54, 1.807) is 18.0 Å². The van der Waals surface area contributed by atoms with Crippen molar-refractivity contribution in [3.8, 4) is 0 Å². The van der Waals surface area contributed by atoms with E-state index in [0.29, 0.717) is 23.7 Å². The van der Waals surface area contributed by atoms with Crippen LogP contribution < -0.4 is 0 Å². The number of aliphatic carboxylic acids is 1. The Balaban J connectivity index is 1.99. The number of carbonyl (C=O) groups is 2. The van der Waals surface area contributed by atoms with Gasteiger partial charge in [0.05, 0.1) is 16.3 Å². The van der Waals surface area contributed by atoms with Crippen molar-refractivity contribution in [1.82, 2.24) is 4.90 Å². The zero-order valence-corrected chi connectivity index (χ0v) is 13.7. The largest absolute Gasteiger partial charge is 0.481 e. The minimum Gasteiger partial charge on any atom is -0.481 e. The SMILES string of the molecule is CN(Cc1ccc(Cl)s1)C(=O)CC1(C(=O)O)CCCCC1. The Labute approximate surface area is 133 Å². The van der Waals surface area contributed by atoms with Crippen LogP contribution in [-0.2, 0) is 16.1 Å². The minimum absolute atomic E-state index is 0.0952. The molecule has 0 unspecified atom stereocenters. The Morgan fingerprint density at radius 2 is 2.00 bits per heavy atom. The Morgan fingerprint density at radius 3 is 2.52 bits per heavy atom. The van der Waals surface area contributed by atoms with Crippen LogP contribution in [0.25, 0.3) is 0 Å². The molecule has 6 heteroatoms. The van der Waals surface area contributed by atoms with E-state index in [0.717, 1.165) is 24.1 Å². The number of carbonyl (C=O) groups excluding carboxylic acids is 1. The Bertz CT molecular complexity index is 523. The third-order valence-electron chi connectivity index (χ3n) is 4.20. The molecule has 0 aliphatic heterocycles. The minimum atomic E-state index is -0.864. The summed E-state index contributed by atoms with van der Waals surface area (Å²) in [5, 5.41) is 9.53. The van der Waals surface area contributed by atoms with Gasteiger partial charge in [0.2, 0.25) is 5.91 Å². The molecular weight excluding hydrogens is 310 g/mol. The fourth-order valence-electron chi connectivity index (χ4n) is 2.88. The van der Waals surface area contributed by atoms with Crippen molar-refractivity contribution < 1.29 is 14.7 Å². The van der Waals surface area contributed by atoms with Gasteiger partial charge >= 0.3 is 5.97 Å². The summed E-state index contributed by atoms with van der Waals surface area (Å²) in [6.45, 7) is 0.478. The van der Waals surface area contributed by atoms with Gasteiger partial charge in [-0.15, -0.1) is 11.3 Å². The highest BCUT2D eigenvalue weighted by molar-refractivity contribution is 7.16. The van der Waals surface area contributed by atoms with Crippen molar-refractivity contribution in [2.45, 2.75) is 45.1 Å². The van der Waals surface area contributed by atoms with Gasteiger partial charge in [-0.2, -0.15) is 0 Å². The molecule has 21 heavy (non-hydrogen) atoms. The van der Waals surface area contributed by atoms with Gasteiger partial charge < -0.3 is 10.0 Å². The number of hydrogen-bond donors (Lipinski definition) is 1. The average molecular weight is 330 g/mol. The van der Waals surface area contributed by atoms with Gasteiger partial charge in [0.25, 0.3) is 0 Å². The third-order valence-corrected chi connectivity index (χ3v) is 5.42. The third kappa shape index (κ3) is 3.98. The van der Waals surface area contributed by atoms with Crippen molar-refractivity contribution in [1.29, 1.82) is 0 Å². The van der Waals surface area contributed by atoms with Crippen LogP contribution in [0, 0.1) is 5.41 Å². The molecule has 2 rings (SSSR count). The second-order valence-corrected chi connectivity index (χ2v) is 7.58. The Kier molecular flexibility index (Phi) is 5.27. The quantitative estimate of drug-likeness (QED) is 0.894. The highest BCUT2D eigenvalue weighted by Crippen LogP contribution is 2.40. The summed E-state index contributed by atoms with van der Waals surface area (Å²) in [6, 6.07) is 3.70.